The molecule has 0 aliphatic carbocycles. The Balaban J connectivity index is 1.46. The number of nitrogens with zero attached hydrogens (tertiary/aromatic N) is 6. The molecule has 3 atom stereocenters. The molecule has 0 saturated carbocycles. The molecule has 0 N–H and O–H groups in total. The topological polar surface area (TPSA) is 75.4 Å². The minimum Gasteiger partial charge on any atom is -0.462 e. The number of carbonyl (C=O) groups excluding carboxylic acids is 1. The number of alkyl halides is 2. The molecule has 0 radical (unpaired) electrons. The summed E-state index contributed by atoms with van der Waals surface area (Å²) in [6.45, 7) is 14.1. The van der Waals surface area contributed by atoms with Gasteiger partial charge in [0, 0.05) is 43.2 Å². The van der Waals surface area contributed by atoms with Crippen LogP contribution in [0.1, 0.15) is 47.8 Å². The van der Waals surface area contributed by atoms with Gasteiger partial charge < -0.3 is 29.0 Å². The van der Waals surface area contributed by atoms with Crippen LogP contribution in [0.4, 0.5) is 14.6 Å². The average Bonchev–Trinajstić information content (AvgIpc) is 3.39. The van der Waals surface area contributed by atoms with Crippen LogP contribution in [0.3, 0.4) is 0 Å². The molecule has 3 aliphatic rings. The fraction of sp³-hybridized carbons (Fsp3) is 0.517. The van der Waals surface area contributed by atoms with Gasteiger partial charge in [0.15, 0.2) is 0 Å². The van der Waals surface area contributed by atoms with Crippen molar-refractivity contribution in [2.45, 2.75) is 50.5 Å². The second-order valence-corrected chi connectivity index (χ2v) is 10.5. The lowest BCUT2D eigenvalue weighted by Crippen LogP contribution is -2.56. The minimum absolute atomic E-state index is 0.0454. The van der Waals surface area contributed by atoms with E-state index in [0.717, 1.165) is 24.9 Å². The maximum Gasteiger partial charge on any atom is 0.318 e. The van der Waals surface area contributed by atoms with Crippen molar-refractivity contribution in [3.8, 4) is 6.01 Å². The van der Waals surface area contributed by atoms with E-state index in [-0.39, 0.29) is 42.7 Å². The summed E-state index contributed by atoms with van der Waals surface area (Å²) >= 11 is 0. The summed E-state index contributed by atoms with van der Waals surface area (Å²) in [4.78, 5) is 31.5. The number of hydrogen-bond donors (Lipinski definition) is 0. The molecule has 4 heterocycles. The van der Waals surface area contributed by atoms with Crippen LogP contribution in [0.5, 0.6) is 6.01 Å². The van der Waals surface area contributed by atoms with Gasteiger partial charge in [-0.1, -0.05) is 30.8 Å². The van der Waals surface area contributed by atoms with Crippen molar-refractivity contribution in [1.82, 2.24) is 19.8 Å². The first-order valence-electron chi connectivity index (χ1n) is 13.6. The van der Waals surface area contributed by atoms with Crippen LogP contribution in [0, 0.1) is 6.57 Å². The lowest BCUT2D eigenvalue weighted by Gasteiger charge is -2.40. The number of anilines is 1. The number of rotatable bonds is 8. The van der Waals surface area contributed by atoms with Crippen molar-refractivity contribution < 1.29 is 23.0 Å². The maximum absolute atomic E-state index is 13.8. The van der Waals surface area contributed by atoms with Gasteiger partial charge in [-0.25, -0.2) is 15.4 Å². The van der Waals surface area contributed by atoms with E-state index in [2.05, 4.69) is 28.3 Å². The zero-order valence-electron chi connectivity index (χ0n) is 22.6. The lowest BCUT2D eigenvalue weighted by atomic mass is 9.95. The monoisotopic (exact) mass is 552 g/mol. The molecule has 212 valence electrons. The molecule has 1 amide bonds. The van der Waals surface area contributed by atoms with Crippen LogP contribution in [-0.4, -0.2) is 84.1 Å². The molecule has 5 rings (SSSR count). The van der Waals surface area contributed by atoms with Gasteiger partial charge in [0.05, 0.1) is 18.4 Å². The summed E-state index contributed by atoms with van der Waals surface area (Å²) in [6, 6.07) is 6.63. The summed E-state index contributed by atoms with van der Waals surface area (Å²) < 4.78 is 39.8. The van der Waals surface area contributed by atoms with E-state index in [9.17, 15) is 13.6 Å². The quantitative estimate of drug-likeness (QED) is 0.364. The van der Waals surface area contributed by atoms with Crippen molar-refractivity contribution >= 4 is 11.7 Å². The van der Waals surface area contributed by atoms with Gasteiger partial charge in [-0.2, -0.15) is 9.97 Å². The molecule has 40 heavy (non-hydrogen) atoms. The molecule has 2 saturated heterocycles. The molecule has 2 fully saturated rings. The average molecular weight is 553 g/mol. The fourth-order valence-corrected chi connectivity index (χ4v) is 5.84. The molecule has 11 heteroatoms. The summed E-state index contributed by atoms with van der Waals surface area (Å²) in [5.41, 5.74) is 1.88. The SMILES string of the molecule is [C-]#[N+]C[C@H]1CN(c2nc(OC[C@@H]3CCCN3C)nc3c2COC(c2ccccc2C(F)F)C3)CCN1C(=O)C=C. The smallest absolute Gasteiger partial charge is 0.318 e. The van der Waals surface area contributed by atoms with Gasteiger partial charge in [0.25, 0.3) is 6.43 Å². The van der Waals surface area contributed by atoms with E-state index in [1.54, 1.807) is 23.1 Å². The normalized spacial score (nSPS) is 23.1. The second-order valence-electron chi connectivity index (χ2n) is 10.5. The highest BCUT2D eigenvalue weighted by molar-refractivity contribution is 5.87. The molecule has 3 aliphatic heterocycles. The standard InChI is InChI=1S/C29H34F2N6O3/c1-4-26(38)37-13-12-36(16-20(37)15-32-2)28-23-18-39-25(21-9-5-6-10-22(21)27(30)31)14-24(23)33-29(34-28)40-17-19-8-7-11-35(19)3/h4-6,9-10,19-20,25,27H,1,7-8,11-18H2,3H3/t19-,20-,25?/m0/s1. The zero-order valence-corrected chi connectivity index (χ0v) is 22.6. The number of likely N-dealkylation sites (tertiary alicyclic amines) is 1. The Hall–Kier alpha value is -3.62. The Kier molecular flexibility index (Phi) is 8.57. The first kappa shape index (κ1) is 27.9. The fourth-order valence-electron chi connectivity index (χ4n) is 5.84. The van der Waals surface area contributed by atoms with Crippen molar-refractivity contribution in [1.29, 1.82) is 0 Å². The minimum atomic E-state index is -2.61. The van der Waals surface area contributed by atoms with E-state index < -0.39 is 12.5 Å². The van der Waals surface area contributed by atoms with Gasteiger partial charge in [-0.3, -0.25) is 4.79 Å². The highest BCUT2D eigenvalue weighted by Crippen LogP contribution is 2.38. The Bertz CT molecular complexity index is 1280. The summed E-state index contributed by atoms with van der Waals surface area (Å²) in [5, 5.41) is 0. The first-order chi connectivity index (χ1) is 19.4. The summed E-state index contributed by atoms with van der Waals surface area (Å²) in [5.74, 6) is 0.438. The van der Waals surface area contributed by atoms with Crippen molar-refractivity contribution in [2.75, 3.05) is 51.3 Å². The number of ether oxygens (including phenoxy) is 2. The van der Waals surface area contributed by atoms with Crippen molar-refractivity contribution in [3.63, 3.8) is 0 Å². The molecule has 0 spiro atoms. The summed E-state index contributed by atoms with van der Waals surface area (Å²) in [6.07, 6.45) is 0.529. The number of carbonyl (C=O) groups is 1. The highest BCUT2D eigenvalue weighted by atomic mass is 19.3. The van der Waals surface area contributed by atoms with Crippen LogP contribution in [0.2, 0.25) is 0 Å². The molecule has 1 aromatic heterocycles. The predicted octanol–water partition coefficient (Wildman–Crippen LogP) is 3.82. The molecule has 9 nitrogen and oxygen atoms in total. The third-order valence-electron chi connectivity index (χ3n) is 8.05. The second kappa shape index (κ2) is 12.3. The van der Waals surface area contributed by atoms with Gasteiger partial charge in [-0.05, 0) is 38.1 Å². The van der Waals surface area contributed by atoms with Crippen LogP contribution < -0.4 is 9.64 Å². The molecule has 2 aromatic rings. The van der Waals surface area contributed by atoms with Crippen LogP contribution in [0.25, 0.3) is 4.85 Å². The molecule has 0 bridgehead atoms. The van der Waals surface area contributed by atoms with Crippen LogP contribution >= 0.6 is 0 Å². The predicted molar refractivity (Wildman–Crippen MR) is 145 cm³/mol. The number of halogens is 2. The van der Waals surface area contributed by atoms with E-state index in [1.165, 1.54) is 12.1 Å². The van der Waals surface area contributed by atoms with E-state index in [4.69, 9.17) is 26.0 Å². The number of benzene rings is 1. The van der Waals surface area contributed by atoms with E-state index in [0.29, 0.717) is 49.7 Å². The van der Waals surface area contributed by atoms with E-state index >= 15 is 0 Å². The molecular formula is C29H34F2N6O3. The van der Waals surface area contributed by atoms with E-state index in [1.807, 2.05) is 0 Å². The molecule has 1 aromatic carbocycles. The number of aromatic nitrogens is 2. The van der Waals surface area contributed by atoms with Crippen LogP contribution in [-0.2, 0) is 22.6 Å². The lowest BCUT2D eigenvalue weighted by molar-refractivity contribution is -0.128. The molecule has 1 unspecified atom stereocenters. The molecular weight excluding hydrogens is 518 g/mol. The Labute approximate surface area is 233 Å². The Morgan fingerprint density at radius 1 is 1.27 bits per heavy atom. The largest absolute Gasteiger partial charge is 0.462 e. The summed E-state index contributed by atoms with van der Waals surface area (Å²) in [7, 11) is 2.07. The highest BCUT2D eigenvalue weighted by Gasteiger charge is 2.36. The first-order valence-corrected chi connectivity index (χ1v) is 13.6. The number of hydrogen-bond acceptors (Lipinski definition) is 7. The van der Waals surface area contributed by atoms with Crippen LogP contribution in [0.15, 0.2) is 36.9 Å². The number of fused-ring (bicyclic) bond motifs is 1. The third-order valence-corrected chi connectivity index (χ3v) is 8.05. The number of likely N-dealkylation sites (N-methyl/N-ethyl adjacent to an activating group) is 1. The third kappa shape index (κ3) is 5.78. The van der Waals surface area contributed by atoms with Gasteiger partial charge in [0.2, 0.25) is 12.5 Å². The zero-order chi connectivity index (χ0) is 28.2. The Morgan fingerprint density at radius 2 is 2.10 bits per heavy atom. The van der Waals surface area contributed by atoms with Gasteiger partial charge in [0.1, 0.15) is 18.5 Å². The number of piperazine rings is 1. The Morgan fingerprint density at radius 3 is 2.83 bits per heavy atom. The van der Waals surface area contributed by atoms with Crippen molar-refractivity contribution in [2.24, 2.45) is 0 Å². The van der Waals surface area contributed by atoms with Gasteiger partial charge >= 0.3 is 6.01 Å². The maximum atomic E-state index is 13.8. The number of amides is 1. The van der Waals surface area contributed by atoms with Gasteiger partial charge in [-0.15, -0.1) is 0 Å². The van der Waals surface area contributed by atoms with Crippen molar-refractivity contribution in [3.05, 3.63) is 70.7 Å².